The second-order valence-electron chi connectivity index (χ2n) is 5.31. The van der Waals surface area contributed by atoms with Crippen LogP contribution in [0, 0.1) is 19.8 Å². The van der Waals surface area contributed by atoms with Crippen LogP contribution in [0.2, 0.25) is 5.15 Å². The summed E-state index contributed by atoms with van der Waals surface area (Å²) in [5.41, 5.74) is 2.13. The molecule has 0 bridgehead atoms. The van der Waals surface area contributed by atoms with E-state index in [1.165, 1.54) is 38.5 Å². The van der Waals surface area contributed by atoms with Crippen LogP contribution in [0.15, 0.2) is 0 Å². The Kier molecular flexibility index (Phi) is 4.81. The van der Waals surface area contributed by atoms with Gasteiger partial charge in [0.2, 0.25) is 0 Å². The first-order valence-electron chi connectivity index (χ1n) is 6.91. The summed E-state index contributed by atoms with van der Waals surface area (Å²) in [7, 11) is 0. The topological polar surface area (TPSA) is 37.8 Å². The highest BCUT2D eigenvalue weighted by molar-refractivity contribution is 6.30. The van der Waals surface area contributed by atoms with Crippen molar-refractivity contribution in [1.29, 1.82) is 0 Å². The van der Waals surface area contributed by atoms with Crippen LogP contribution < -0.4 is 5.32 Å². The molecule has 0 aromatic carbocycles. The highest BCUT2D eigenvalue weighted by Crippen LogP contribution is 2.28. The average Bonchev–Trinajstić information content (AvgIpc) is 2.87. The fourth-order valence-corrected chi connectivity index (χ4v) is 2.82. The molecule has 0 radical (unpaired) electrons. The Bertz CT molecular complexity index is 400. The molecule has 1 aromatic rings. The second kappa shape index (κ2) is 6.37. The molecule has 1 aliphatic rings. The minimum absolute atomic E-state index is 0.504. The van der Waals surface area contributed by atoms with E-state index in [-0.39, 0.29) is 0 Å². The third-order valence-corrected chi connectivity index (χ3v) is 4.38. The predicted octanol–water partition coefficient (Wildman–Crippen LogP) is 4.13. The maximum Gasteiger partial charge on any atom is 0.155 e. The van der Waals surface area contributed by atoms with Crippen molar-refractivity contribution < 1.29 is 0 Å². The maximum absolute atomic E-state index is 5.93. The lowest BCUT2D eigenvalue weighted by molar-refractivity contribution is 0.491. The van der Waals surface area contributed by atoms with E-state index in [1.54, 1.807) is 0 Å². The molecule has 0 spiro atoms. The molecule has 2 rings (SSSR count). The summed E-state index contributed by atoms with van der Waals surface area (Å²) in [6.07, 6.45) is 8.27. The van der Waals surface area contributed by atoms with Crippen LogP contribution in [0.3, 0.4) is 0 Å². The molecular formula is C14H22ClN3. The van der Waals surface area contributed by atoms with Gasteiger partial charge in [0.15, 0.2) is 11.0 Å². The summed E-state index contributed by atoms with van der Waals surface area (Å²) in [6.45, 7) is 5.00. The monoisotopic (exact) mass is 267 g/mol. The summed E-state index contributed by atoms with van der Waals surface area (Å²) in [5, 5.41) is 11.9. The highest BCUT2D eigenvalue weighted by atomic mass is 35.5. The summed E-state index contributed by atoms with van der Waals surface area (Å²) >= 11 is 5.93. The fourth-order valence-electron chi connectivity index (χ4n) is 2.64. The number of hydrogen-bond donors (Lipinski definition) is 1. The quantitative estimate of drug-likeness (QED) is 0.815. The van der Waals surface area contributed by atoms with Gasteiger partial charge in [-0.2, -0.15) is 0 Å². The van der Waals surface area contributed by atoms with Crippen LogP contribution in [-0.4, -0.2) is 16.7 Å². The van der Waals surface area contributed by atoms with E-state index in [9.17, 15) is 0 Å². The van der Waals surface area contributed by atoms with Crippen LogP contribution in [0.4, 0.5) is 5.82 Å². The molecule has 1 heterocycles. The Morgan fingerprint density at radius 1 is 1.17 bits per heavy atom. The van der Waals surface area contributed by atoms with Crippen LogP contribution in [0.5, 0.6) is 0 Å². The highest BCUT2D eigenvalue weighted by Gasteiger charge is 2.14. The number of halogens is 1. The van der Waals surface area contributed by atoms with E-state index < -0.39 is 0 Å². The molecule has 1 fully saturated rings. The smallest absolute Gasteiger partial charge is 0.155 e. The molecule has 1 aromatic heterocycles. The summed E-state index contributed by atoms with van der Waals surface area (Å²) in [4.78, 5) is 0. The van der Waals surface area contributed by atoms with E-state index in [2.05, 4.69) is 15.5 Å². The molecule has 0 amide bonds. The van der Waals surface area contributed by atoms with Crippen molar-refractivity contribution in [3.05, 3.63) is 16.3 Å². The van der Waals surface area contributed by atoms with E-state index >= 15 is 0 Å². The molecule has 3 nitrogen and oxygen atoms in total. The van der Waals surface area contributed by atoms with Crippen LogP contribution in [0.1, 0.15) is 49.7 Å². The van der Waals surface area contributed by atoms with E-state index in [1.807, 2.05) is 13.8 Å². The molecule has 0 atom stereocenters. The number of rotatable bonds is 5. The second-order valence-corrected chi connectivity index (χ2v) is 5.67. The molecule has 0 unspecified atom stereocenters. The largest absolute Gasteiger partial charge is 0.368 e. The molecule has 1 N–H and O–H groups in total. The molecular weight excluding hydrogens is 246 g/mol. The number of aromatic nitrogens is 2. The van der Waals surface area contributed by atoms with Crippen molar-refractivity contribution in [2.75, 3.05) is 11.9 Å². The first-order valence-corrected chi connectivity index (χ1v) is 7.29. The standard InChI is InChI=1S/C14H22ClN3/c1-10-11(2)14(18-17-13(10)15)16-9-5-8-12-6-3-4-7-12/h12H,3-9H2,1-2H3,(H,16,18). The third-order valence-electron chi connectivity index (χ3n) is 4.02. The number of nitrogens with zero attached hydrogens (tertiary/aromatic N) is 2. The van der Waals surface area contributed by atoms with E-state index in [0.29, 0.717) is 5.15 Å². The van der Waals surface area contributed by atoms with Crippen molar-refractivity contribution in [1.82, 2.24) is 10.2 Å². The van der Waals surface area contributed by atoms with Gasteiger partial charge in [0, 0.05) is 6.54 Å². The molecule has 100 valence electrons. The van der Waals surface area contributed by atoms with Crippen molar-refractivity contribution >= 4 is 17.4 Å². The Balaban J connectivity index is 1.77. The van der Waals surface area contributed by atoms with E-state index in [4.69, 9.17) is 11.6 Å². The minimum atomic E-state index is 0.504. The van der Waals surface area contributed by atoms with Gasteiger partial charge >= 0.3 is 0 Å². The minimum Gasteiger partial charge on any atom is -0.368 e. The van der Waals surface area contributed by atoms with Gasteiger partial charge in [-0.25, -0.2) is 0 Å². The number of nitrogens with one attached hydrogen (secondary N) is 1. The first-order chi connectivity index (χ1) is 8.68. The fraction of sp³-hybridized carbons (Fsp3) is 0.714. The predicted molar refractivity (Wildman–Crippen MR) is 76.2 cm³/mol. The Morgan fingerprint density at radius 3 is 2.61 bits per heavy atom. The molecule has 1 aliphatic carbocycles. The maximum atomic E-state index is 5.93. The zero-order chi connectivity index (χ0) is 13.0. The van der Waals surface area contributed by atoms with Gasteiger partial charge in [0.25, 0.3) is 0 Å². The van der Waals surface area contributed by atoms with Crippen molar-refractivity contribution in [3.63, 3.8) is 0 Å². The normalized spacial score (nSPS) is 16.2. The Labute approximate surface area is 114 Å². The van der Waals surface area contributed by atoms with E-state index in [0.717, 1.165) is 29.4 Å². The number of anilines is 1. The zero-order valence-corrected chi connectivity index (χ0v) is 12.1. The van der Waals surface area contributed by atoms with Crippen molar-refractivity contribution in [2.24, 2.45) is 5.92 Å². The van der Waals surface area contributed by atoms with Gasteiger partial charge in [-0.15, -0.1) is 10.2 Å². The van der Waals surface area contributed by atoms with Gasteiger partial charge in [0.05, 0.1) is 0 Å². The molecule has 18 heavy (non-hydrogen) atoms. The molecule has 0 saturated heterocycles. The number of hydrogen-bond acceptors (Lipinski definition) is 3. The van der Waals surface area contributed by atoms with Gasteiger partial charge in [-0.05, 0) is 43.7 Å². The summed E-state index contributed by atoms with van der Waals surface area (Å²) in [6, 6.07) is 0. The SMILES string of the molecule is Cc1c(Cl)nnc(NCCCC2CCCC2)c1C. The molecule has 0 aliphatic heterocycles. The lowest BCUT2D eigenvalue weighted by Crippen LogP contribution is -2.08. The first kappa shape index (κ1) is 13.6. The van der Waals surface area contributed by atoms with Crippen LogP contribution in [-0.2, 0) is 0 Å². The Morgan fingerprint density at radius 2 is 1.89 bits per heavy atom. The van der Waals surface area contributed by atoms with Gasteiger partial charge in [-0.1, -0.05) is 37.3 Å². The van der Waals surface area contributed by atoms with Crippen molar-refractivity contribution in [3.8, 4) is 0 Å². The third kappa shape index (κ3) is 3.35. The van der Waals surface area contributed by atoms with Gasteiger partial charge in [-0.3, -0.25) is 0 Å². The van der Waals surface area contributed by atoms with Gasteiger partial charge < -0.3 is 5.32 Å². The Hall–Kier alpha value is -0.830. The average molecular weight is 268 g/mol. The lowest BCUT2D eigenvalue weighted by atomic mass is 10.0. The summed E-state index contributed by atoms with van der Waals surface area (Å²) in [5.74, 6) is 1.84. The van der Waals surface area contributed by atoms with Gasteiger partial charge in [0.1, 0.15) is 0 Å². The summed E-state index contributed by atoms with van der Waals surface area (Å²) < 4.78 is 0. The zero-order valence-electron chi connectivity index (χ0n) is 11.3. The molecule has 1 saturated carbocycles. The van der Waals surface area contributed by atoms with Crippen molar-refractivity contribution in [2.45, 2.75) is 52.4 Å². The molecule has 4 heteroatoms. The van der Waals surface area contributed by atoms with Crippen LogP contribution in [0.25, 0.3) is 0 Å². The lowest BCUT2D eigenvalue weighted by Gasteiger charge is -2.12. The van der Waals surface area contributed by atoms with Crippen LogP contribution >= 0.6 is 11.6 Å².